The highest BCUT2D eigenvalue weighted by molar-refractivity contribution is 5.21. The molecule has 0 bridgehead atoms. The van der Waals surface area contributed by atoms with Crippen LogP contribution in [0.25, 0.3) is 0 Å². The van der Waals surface area contributed by atoms with Crippen LogP contribution < -0.4 is 5.73 Å². The zero-order valence-corrected chi connectivity index (χ0v) is 11.3. The zero-order chi connectivity index (χ0) is 13.1. The number of piperidine rings is 1. The first-order valence-corrected chi connectivity index (χ1v) is 6.87. The third-order valence-electron chi connectivity index (χ3n) is 4.14. The lowest BCUT2D eigenvalue weighted by Gasteiger charge is -2.40. The highest BCUT2D eigenvalue weighted by atomic mass is 19.1. The summed E-state index contributed by atoms with van der Waals surface area (Å²) >= 11 is 0. The zero-order valence-electron chi connectivity index (χ0n) is 11.3. The Hall–Kier alpha value is -0.930. The highest BCUT2D eigenvalue weighted by Crippen LogP contribution is 2.30. The summed E-state index contributed by atoms with van der Waals surface area (Å²) in [6, 6.07) is 7.46. The molecule has 1 fully saturated rings. The molecule has 0 spiro atoms. The first-order chi connectivity index (χ1) is 8.63. The maximum Gasteiger partial charge on any atom is 0.127 e. The van der Waals surface area contributed by atoms with Gasteiger partial charge in [0.05, 0.1) is 0 Å². The highest BCUT2D eigenvalue weighted by Gasteiger charge is 2.29. The minimum atomic E-state index is -0.100. The van der Waals surface area contributed by atoms with Gasteiger partial charge in [0, 0.05) is 24.2 Å². The van der Waals surface area contributed by atoms with Crippen LogP contribution in [-0.4, -0.2) is 24.0 Å². The molecule has 0 aliphatic carbocycles. The van der Waals surface area contributed by atoms with Crippen molar-refractivity contribution >= 4 is 0 Å². The van der Waals surface area contributed by atoms with Gasteiger partial charge in [-0.2, -0.15) is 0 Å². The van der Waals surface area contributed by atoms with Crippen LogP contribution in [0.4, 0.5) is 4.39 Å². The van der Waals surface area contributed by atoms with Crippen molar-refractivity contribution in [2.45, 2.75) is 38.8 Å². The standard InChI is InChI=1S/C15H23FN2/c1-3-15(12-6-4-5-7-13(12)16)18-9-8-11(2)14(17)10-18/h4-7,11,14-15H,3,8-10,17H2,1-2H3. The fraction of sp³-hybridized carbons (Fsp3) is 0.600. The predicted octanol–water partition coefficient (Wildman–Crippen LogP) is 2.95. The Morgan fingerprint density at radius 2 is 2.17 bits per heavy atom. The summed E-state index contributed by atoms with van der Waals surface area (Å²) < 4.78 is 13.9. The molecule has 18 heavy (non-hydrogen) atoms. The van der Waals surface area contributed by atoms with Crippen molar-refractivity contribution < 1.29 is 4.39 Å². The van der Waals surface area contributed by atoms with Gasteiger partial charge in [0.1, 0.15) is 5.82 Å². The molecule has 0 aromatic heterocycles. The molecule has 2 nitrogen and oxygen atoms in total. The van der Waals surface area contributed by atoms with Crippen molar-refractivity contribution in [3.8, 4) is 0 Å². The van der Waals surface area contributed by atoms with E-state index in [-0.39, 0.29) is 17.9 Å². The predicted molar refractivity (Wildman–Crippen MR) is 72.8 cm³/mol. The third kappa shape index (κ3) is 2.73. The molecule has 1 aliphatic heterocycles. The number of nitrogens with two attached hydrogens (primary N) is 1. The van der Waals surface area contributed by atoms with E-state index in [0.29, 0.717) is 5.92 Å². The lowest BCUT2D eigenvalue weighted by molar-refractivity contribution is 0.115. The summed E-state index contributed by atoms with van der Waals surface area (Å²) in [5.74, 6) is 0.468. The van der Waals surface area contributed by atoms with E-state index < -0.39 is 0 Å². The molecule has 3 atom stereocenters. The van der Waals surface area contributed by atoms with Gasteiger partial charge in [-0.05, 0) is 31.4 Å². The Bertz CT molecular complexity index is 394. The lowest BCUT2D eigenvalue weighted by atomic mass is 9.91. The van der Waals surface area contributed by atoms with E-state index in [9.17, 15) is 4.39 Å². The second-order valence-corrected chi connectivity index (χ2v) is 5.37. The van der Waals surface area contributed by atoms with E-state index in [1.807, 2.05) is 12.1 Å². The van der Waals surface area contributed by atoms with Crippen molar-refractivity contribution in [1.82, 2.24) is 4.90 Å². The van der Waals surface area contributed by atoms with Crippen molar-refractivity contribution in [1.29, 1.82) is 0 Å². The van der Waals surface area contributed by atoms with E-state index in [4.69, 9.17) is 5.73 Å². The molecule has 3 heteroatoms. The quantitative estimate of drug-likeness (QED) is 0.893. The average molecular weight is 250 g/mol. The number of hydrogen-bond acceptors (Lipinski definition) is 2. The average Bonchev–Trinajstić information content (AvgIpc) is 2.37. The van der Waals surface area contributed by atoms with Gasteiger partial charge in [0.15, 0.2) is 0 Å². The molecule has 0 saturated carbocycles. The molecule has 0 radical (unpaired) electrons. The minimum Gasteiger partial charge on any atom is -0.326 e. The van der Waals surface area contributed by atoms with Crippen LogP contribution in [0.3, 0.4) is 0 Å². The molecular formula is C15H23FN2. The Kier molecular flexibility index (Phi) is 4.36. The number of nitrogens with zero attached hydrogens (tertiary/aromatic N) is 1. The SMILES string of the molecule is CCC(c1ccccc1F)N1CCC(C)C(N)C1. The van der Waals surface area contributed by atoms with Gasteiger partial charge in [-0.15, -0.1) is 0 Å². The first kappa shape index (κ1) is 13.5. The monoisotopic (exact) mass is 250 g/mol. The van der Waals surface area contributed by atoms with Crippen molar-refractivity contribution in [2.75, 3.05) is 13.1 Å². The largest absolute Gasteiger partial charge is 0.326 e. The number of hydrogen-bond donors (Lipinski definition) is 1. The van der Waals surface area contributed by atoms with Gasteiger partial charge in [-0.3, -0.25) is 4.90 Å². The molecule has 2 N–H and O–H groups in total. The van der Waals surface area contributed by atoms with Crippen molar-refractivity contribution in [3.63, 3.8) is 0 Å². The molecule has 3 unspecified atom stereocenters. The summed E-state index contributed by atoms with van der Waals surface area (Å²) in [5, 5.41) is 0. The minimum absolute atomic E-state index is 0.100. The number of halogens is 1. The molecule has 1 aliphatic rings. The van der Waals surface area contributed by atoms with Crippen molar-refractivity contribution in [2.24, 2.45) is 11.7 Å². The molecule has 0 amide bonds. The topological polar surface area (TPSA) is 29.3 Å². The number of likely N-dealkylation sites (tertiary alicyclic amines) is 1. The van der Waals surface area contributed by atoms with E-state index in [2.05, 4.69) is 18.7 Å². The normalized spacial score (nSPS) is 27.1. The summed E-state index contributed by atoms with van der Waals surface area (Å²) in [7, 11) is 0. The molecule has 100 valence electrons. The van der Waals surface area contributed by atoms with Crippen molar-refractivity contribution in [3.05, 3.63) is 35.6 Å². The number of benzene rings is 1. The second-order valence-electron chi connectivity index (χ2n) is 5.37. The Labute approximate surface area is 109 Å². The van der Waals surface area contributed by atoms with Crippen LogP contribution in [0.15, 0.2) is 24.3 Å². The summed E-state index contributed by atoms with van der Waals surface area (Å²) in [4.78, 5) is 2.34. The molecule has 2 rings (SSSR count). The van der Waals surface area contributed by atoms with Crippen LogP contribution in [0.1, 0.15) is 38.3 Å². The Morgan fingerprint density at radius 3 is 2.78 bits per heavy atom. The van der Waals surface area contributed by atoms with E-state index in [1.165, 1.54) is 0 Å². The third-order valence-corrected chi connectivity index (χ3v) is 4.14. The van der Waals surface area contributed by atoms with E-state index in [1.54, 1.807) is 12.1 Å². The van der Waals surface area contributed by atoms with Crippen LogP contribution >= 0.6 is 0 Å². The fourth-order valence-corrected chi connectivity index (χ4v) is 2.83. The first-order valence-electron chi connectivity index (χ1n) is 6.87. The second kappa shape index (κ2) is 5.81. The summed E-state index contributed by atoms with van der Waals surface area (Å²) in [5.41, 5.74) is 6.95. The molecule has 1 aromatic rings. The van der Waals surface area contributed by atoms with Gasteiger partial charge >= 0.3 is 0 Å². The van der Waals surface area contributed by atoms with E-state index >= 15 is 0 Å². The van der Waals surface area contributed by atoms with Crippen LogP contribution in [0.2, 0.25) is 0 Å². The van der Waals surface area contributed by atoms with Crippen LogP contribution in [0.5, 0.6) is 0 Å². The lowest BCUT2D eigenvalue weighted by Crippen LogP contribution is -2.48. The fourth-order valence-electron chi connectivity index (χ4n) is 2.83. The number of rotatable bonds is 3. The summed E-state index contributed by atoms with van der Waals surface area (Å²) in [6.45, 7) is 6.20. The van der Waals surface area contributed by atoms with Crippen LogP contribution in [-0.2, 0) is 0 Å². The Morgan fingerprint density at radius 1 is 1.44 bits per heavy atom. The van der Waals surface area contributed by atoms with Gasteiger partial charge in [-0.25, -0.2) is 4.39 Å². The molecule has 1 aromatic carbocycles. The molecular weight excluding hydrogens is 227 g/mol. The summed E-state index contributed by atoms with van der Waals surface area (Å²) in [6.07, 6.45) is 2.02. The molecule has 1 heterocycles. The molecule has 1 saturated heterocycles. The van der Waals surface area contributed by atoms with Gasteiger partial charge < -0.3 is 5.73 Å². The smallest absolute Gasteiger partial charge is 0.127 e. The van der Waals surface area contributed by atoms with Gasteiger partial charge in [-0.1, -0.05) is 32.0 Å². The maximum absolute atomic E-state index is 13.9. The Balaban J connectivity index is 2.17. The maximum atomic E-state index is 13.9. The van der Waals surface area contributed by atoms with E-state index in [0.717, 1.165) is 31.5 Å². The van der Waals surface area contributed by atoms with Crippen LogP contribution in [0, 0.1) is 11.7 Å². The van der Waals surface area contributed by atoms with Gasteiger partial charge in [0.2, 0.25) is 0 Å². The van der Waals surface area contributed by atoms with Gasteiger partial charge in [0.25, 0.3) is 0 Å².